The standard InChI is InChI=1S/C12H13FN2O2/c13-12-8(4-14)2-1-3-9(12)5-15-6-10(16)11(17)7-15/h1-3,10-11,16-17H,5-7H2. The zero-order valence-electron chi connectivity index (χ0n) is 9.17. The summed E-state index contributed by atoms with van der Waals surface area (Å²) in [5.74, 6) is -0.522. The summed E-state index contributed by atoms with van der Waals surface area (Å²) < 4.78 is 13.7. The van der Waals surface area contributed by atoms with E-state index in [1.54, 1.807) is 23.1 Å². The largest absolute Gasteiger partial charge is 0.389 e. The molecule has 5 heteroatoms. The molecule has 1 saturated heterocycles. The van der Waals surface area contributed by atoms with Crippen molar-refractivity contribution in [2.75, 3.05) is 13.1 Å². The summed E-state index contributed by atoms with van der Waals surface area (Å²) in [6.07, 6.45) is -1.56. The van der Waals surface area contributed by atoms with Crippen molar-refractivity contribution in [3.8, 4) is 6.07 Å². The molecule has 0 amide bonds. The van der Waals surface area contributed by atoms with Gasteiger partial charge in [-0.05, 0) is 6.07 Å². The number of benzene rings is 1. The minimum absolute atomic E-state index is 0.0165. The molecule has 0 bridgehead atoms. The second-order valence-electron chi connectivity index (χ2n) is 4.22. The van der Waals surface area contributed by atoms with Crippen LogP contribution in [0.4, 0.5) is 4.39 Å². The smallest absolute Gasteiger partial charge is 0.145 e. The van der Waals surface area contributed by atoms with E-state index in [0.29, 0.717) is 18.7 Å². The Morgan fingerprint density at radius 1 is 1.35 bits per heavy atom. The maximum absolute atomic E-state index is 13.7. The zero-order valence-corrected chi connectivity index (χ0v) is 9.17. The van der Waals surface area contributed by atoms with E-state index in [1.807, 2.05) is 0 Å². The molecular weight excluding hydrogens is 223 g/mol. The number of β-amino-alcohol motifs (C(OH)–C–C–N with tert-alkyl or cyclic N) is 2. The van der Waals surface area contributed by atoms with Gasteiger partial charge in [-0.3, -0.25) is 4.90 Å². The molecule has 1 fully saturated rings. The molecule has 4 nitrogen and oxygen atoms in total. The van der Waals surface area contributed by atoms with E-state index >= 15 is 0 Å². The Labute approximate surface area is 98.5 Å². The Morgan fingerprint density at radius 2 is 2.00 bits per heavy atom. The fourth-order valence-corrected chi connectivity index (χ4v) is 2.01. The molecule has 1 aliphatic heterocycles. The minimum atomic E-state index is -0.780. The number of nitriles is 1. The molecule has 0 saturated carbocycles. The summed E-state index contributed by atoms with van der Waals surface area (Å²) in [4.78, 5) is 1.76. The van der Waals surface area contributed by atoms with Gasteiger partial charge in [0.2, 0.25) is 0 Å². The molecule has 2 rings (SSSR count). The number of hydrogen-bond donors (Lipinski definition) is 2. The van der Waals surface area contributed by atoms with Gasteiger partial charge in [0.25, 0.3) is 0 Å². The fraction of sp³-hybridized carbons (Fsp3) is 0.417. The highest BCUT2D eigenvalue weighted by molar-refractivity contribution is 5.34. The zero-order chi connectivity index (χ0) is 12.4. The van der Waals surface area contributed by atoms with Crippen molar-refractivity contribution in [2.24, 2.45) is 0 Å². The maximum atomic E-state index is 13.7. The Bertz CT molecular complexity index is 448. The van der Waals surface area contributed by atoms with E-state index < -0.39 is 18.0 Å². The Balaban J connectivity index is 2.13. The molecule has 1 aromatic rings. The third-order valence-corrected chi connectivity index (χ3v) is 2.93. The molecule has 2 unspecified atom stereocenters. The van der Waals surface area contributed by atoms with Crippen molar-refractivity contribution in [3.05, 3.63) is 35.1 Å². The number of likely N-dealkylation sites (tertiary alicyclic amines) is 1. The topological polar surface area (TPSA) is 67.5 Å². The van der Waals surface area contributed by atoms with Crippen LogP contribution in [-0.2, 0) is 6.54 Å². The second-order valence-corrected chi connectivity index (χ2v) is 4.22. The van der Waals surface area contributed by atoms with Gasteiger partial charge in [0, 0.05) is 25.2 Å². The lowest BCUT2D eigenvalue weighted by atomic mass is 10.1. The summed E-state index contributed by atoms with van der Waals surface area (Å²) in [5, 5.41) is 27.5. The van der Waals surface area contributed by atoms with Crippen molar-refractivity contribution < 1.29 is 14.6 Å². The van der Waals surface area contributed by atoms with Crippen molar-refractivity contribution in [1.29, 1.82) is 5.26 Å². The number of aliphatic hydroxyl groups is 2. The normalized spacial score (nSPS) is 24.8. The lowest BCUT2D eigenvalue weighted by molar-refractivity contribution is 0.0572. The molecule has 1 heterocycles. The van der Waals surface area contributed by atoms with Crippen molar-refractivity contribution >= 4 is 0 Å². The summed E-state index contributed by atoms with van der Waals surface area (Å²) in [5.41, 5.74) is 0.424. The third-order valence-electron chi connectivity index (χ3n) is 2.93. The summed E-state index contributed by atoms with van der Waals surface area (Å²) in [6, 6.07) is 6.44. The quantitative estimate of drug-likeness (QED) is 0.771. The molecule has 90 valence electrons. The van der Waals surface area contributed by atoms with Crippen LogP contribution in [0.5, 0.6) is 0 Å². The van der Waals surface area contributed by atoms with Gasteiger partial charge in [-0.1, -0.05) is 12.1 Å². The third kappa shape index (κ3) is 2.44. The van der Waals surface area contributed by atoms with Crippen LogP contribution < -0.4 is 0 Å². The Kier molecular flexibility index (Phi) is 3.38. The molecular formula is C12H13FN2O2. The first-order valence-electron chi connectivity index (χ1n) is 5.38. The van der Waals surface area contributed by atoms with Crippen LogP contribution in [0.1, 0.15) is 11.1 Å². The van der Waals surface area contributed by atoms with Crippen LogP contribution in [0, 0.1) is 17.1 Å². The van der Waals surface area contributed by atoms with Gasteiger partial charge in [0.15, 0.2) is 0 Å². The highest BCUT2D eigenvalue weighted by Gasteiger charge is 2.29. The average Bonchev–Trinajstić information content (AvgIpc) is 2.61. The van der Waals surface area contributed by atoms with Crippen LogP contribution in [-0.4, -0.2) is 40.4 Å². The SMILES string of the molecule is N#Cc1cccc(CN2CC(O)C(O)C2)c1F. The Morgan fingerprint density at radius 3 is 2.59 bits per heavy atom. The van der Waals surface area contributed by atoms with Gasteiger partial charge in [-0.25, -0.2) is 4.39 Å². The van der Waals surface area contributed by atoms with Gasteiger partial charge in [-0.2, -0.15) is 5.26 Å². The molecule has 0 aromatic heterocycles. The fourth-order valence-electron chi connectivity index (χ4n) is 2.01. The molecule has 0 spiro atoms. The van der Waals surface area contributed by atoms with Gasteiger partial charge in [0.1, 0.15) is 11.9 Å². The Hall–Kier alpha value is -1.48. The van der Waals surface area contributed by atoms with Gasteiger partial charge >= 0.3 is 0 Å². The van der Waals surface area contributed by atoms with E-state index in [0.717, 1.165) is 0 Å². The molecule has 0 aliphatic carbocycles. The molecule has 2 N–H and O–H groups in total. The monoisotopic (exact) mass is 236 g/mol. The van der Waals surface area contributed by atoms with Crippen molar-refractivity contribution in [2.45, 2.75) is 18.8 Å². The van der Waals surface area contributed by atoms with Crippen LogP contribution in [0.2, 0.25) is 0 Å². The van der Waals surface area contributed by atoms with E-state index in [4.69, 9.17) is 5.26 Å². The molecule has 1 aliphatic rings. The van der Waals surface area contributed by atoms with E-state index in [-0.39, 0.29) is 12.1 Å². The second kappa shape index (κ2) is 4.80. The molecule has 0 radical (unpaired) electrons. The number of halogens is 1. The van der Waals surface area contributed by atoms with Gasteiger partial charge in [-0.15, -0.1) is 0 Å². The van der Waals surface area contributed by atoms with E-state index in [2.05, 4.69) is 0 Å². The lowest BCUT2D eigenvalue weighted by Gasteiger charge is -2.15. The van der Waals surface area contributed by atoms with Gasteiger partial charge in [0.05, 0.1) is 17.8 Å². The number of rotatable bonds is 2. The number of hydrogen-bond acceptors (Lipinski definition) is 4. The van der Waals surface area contributed by atoms with Crippen molar-refractivity contribution in [3.63, 3.8) is 0 Å². The first-order chi connectivity index (χ1) is 8.11. The maximum Gasteiger partial charge on any atom is 0.145 e. The molecule has 1 aromatic carbocycles. The number of nitrogens with zero attached hydrogens (tertiary/aromatic N) is 2. The highest BCUT2D eigenvalue weighted by Crippen LogP contribution is 2.18. The van der Waals surface area contributed by atoms with Crippen LogP contribution >= 0.6 is 0 Å². The minimum Gasteiger partial charge on any atom is -0.389 e. The van der Waals surface area contributed by atoms with Crippen LogP contribution in [0.3, 0.4) is 0 Å². The first-order valence-corrected chi connectivity index (χ1v) is 5.38. The first kappa shape index (κ1) is 12.0. The average molecular weight is 236 g/mol. The van der Waals surface area contributed by atoms with Crippen molar-refractivity contribution in [1.82, 2.24) is 4.90 Å². The highest BCUT2D eigenvalue weighted by atomic mass is 19.1. The summed E-state index contributed by atoms with van der Waals surface area (Å²) >= 11 is 0. The molecule has 17 heavy (non-hydrogen) atoms. The summed E-state index contributed by atoms with van der Waals surface area (Å²) in [7, 11) is 0. The van der Waals surface area contributed by atoms with Crippen LogP contribution in [0.25, 0.3) is 0 Å². The predicted molar refractivity (Wildman–Crippen MR) is 58.4 cm³/mol. The van der Waals surface area contributed by atoms with E-state index in [9.17, 15) is 14.6 Å². The summed E-state index contributed by atoms with van der Waals surface area (Å²) in [6.45, 7) is 0.921. The number of aliphatic hydroxyl groups excluding tert-OH is 2. The lowest BCUT2D eigenvalue weighted by Crippen LogP contribution is -2.22. The van der Waals surface area contributed by atoms with E-state index in [1.165, 1.54) is 6.07 Å². The van der Waals surface area contributed by atoms with Gasteiger partial charge < -0.3 is 10.2 Å². The molecule has 2 atom stereocenters. The predicted octanol–water partition coefficient (Wildman–Crippen LogP) is 0.235. The van der Waals surface area contributed by atoms with Crippen LogP contribution in [0.15, 0.2) is 18.2 Å².